The Kier molecular flexibility index (Phi) is 6.68. The zero-order chi connectivity index (χ0) is 19.3. The van der Waals surface area contributed by atoms with Crippen molar-refractivity contribution >= 4 is 11.8 Å². The van der Waals surface area contributed by atoms with Crippen molar-refractivity contribution in [1.29, 1.82) is 0 Å². The van der Waals surface area contributed by atoms with Gasteiger partial charge in [0.15, 0.2) is 0 Å². The van der Waals surface area contributed by atoms with Crippen LogP contribution in [-0.4, -0.2) is 35.9 Å². The Morgan fingerprint density at radius 2 is 1.73 bits per heavy atom. The summed E-state index contributed by atoms with van der Waals surface area (Å²) in [7, 11) is 0. The number of nitrogens with zero attached hydrogens (tertiary/aromatic N) is 1. The molecule has 0 saturated carbocycles. The minimum Gasteiger partial charge on any atom is -0.491 e. The largest absolute Gasteiger partial charge is 0.491 e. The quantitative estimate of drug-likeness (QED) is 0.876. The average Bonchev–Trinajstić information content (AvgIpc) is 2.59. The van der Waals surface area contributed by atoms with Gasteiger partial charge in [0, 0.05) is 31.0 Å². The Hall–Kier alpha value is -2.04. The smallest absolute Gasteiger partial charge is 0.227 e. The first-order chi connectivity index (χ1) is 12.2. The number of carbonyl (C=O) groups is 2. The Morgan fingerprint density at radius 1 is 1.15 bits per heavy atom. The number of rotatable bonds is 5. The van der Waals surface area contributed by atoms with Gasteiger partial charge in [-0.05, 0) is 44.4 Å². The molecule has 1 aromatic rings. The lowest BCUT2D eigenvalue weighted by atomic mass is 9.90. The SMILES string of the molecule is CC(C)Oc1ccc(CNC(=O)C2CCN(C(=O)C(C)(C)C)CC2)cc1. The summed E-state index contributed by atoms with van der Waals surface area (Å²) in [4.78, 5) is 26.6. The molecule has 0 atom stereocenters. The van der Waals surface area contributed by atoms with Crippen molar-refractivity contribution in [3.8, 4) is 5.75 Å². The third-order valence-electron chi connectivity index (χ3n) is 4.56. The third-order valence-corrected chi connectivity index (χ3v) is 4.56. The first-order valence-corrected chi connectivity index (χ1v) is 9.49. The van der Waals surface area contributed by atoms with Crippen LogP contribution in [-0.2, 0) is 16.1 Å². The van der Waals surface area contributed by atoms with Crippen molar-refractivity contribution in [2.45, 2.75) is 60.1 Å². The Morgan fingerprint density at radius 3 is 2.23 bits per heavy atom. The molecule has 1 aliphatic rings. The van der Waals surface area contributed by atoms with Crippen LogP contribution in [0.3, 0.4) is 0 Å². The first kappa shape index (κ1) is 20.3. The molecule has 2 rings (SSSR count). The van der Waals surface area contributed by atoms with Gasteiger partial charge in [-0.15, -0.1) is 0 Å². The van der Waals surface area contributed by atoms with Gasteiger partial charge < -0.3 is 15.0 Å². The summed E-state index contributed by atoms with van der Waals surface area (Å²) in [5, 5.41) is 3.02. The number of nitrogens with one attached hydrogen (secondary N) is 1. The Balaban J connectivity index is 1.78. The van der Waals surface area contributed by atoms with Crippen LogP contribution >= 0.6 is 0 Å². The van der Waals surface area contributed by atoms with Crippen LogP contribution in [0.25, 0.3) is 0 Å². The monoisotopic (exact) mass is 360 g/mol. The number of hydrogen-bond acceptors (Lipinski definition) is 3. The minimum absolute atomic E-state index is 0.0115. The van der Waals surface area contributed by atoms with Crippen LogP contribution in [0.2, 0.25) is 0 Å². The number of carbonyl (C=O) groups excluding carboxylic acids is 2. The molecule has 0 aromatic heterocycles. The van der Waals surface area contributed by atoms with E-state index in [1.807, 2.05) is 63.8 Å². The van der Waals surface area contributed by atoms with E-state index >= 15 is 0 Å². The fraction of sp³-hybridized carbons (Fsp3) is 0.619. The fourth-order valence-electron chi connectivity index (χ4n) is 3.11. The second-order valence-corrected chi connectivity index (χ2v) is 8.34. The van der Waals surface area contributed by atoms with Gasteiger partial charge in [0.25, 0.3) is 0 Å². The first-order valence-electron chi connectivity index (χ1n) is 9.49. The van der Waals surface area contributed by atoms with E-state index in [0.717, 1.165) is 24.2 Å². The zero-order valence-electron chi connectivity index (χ0n) is 16.7. The summed E-state index contributed by atoms with van der Waals surface area (Å²) in [5.41, 5.74) is 0.690. The van der Waals surface area contributed by atoms with E-state index in [9.17, 15) is 9.59 Å². The third kappa shape index (κ3) is 5.75. The molecule has 1 N–H and O–H groups in total. The highest BCUT2D eigenvalue weighted by Gasteiger charge is 2.32. The molecule has 1 aromatic carbocycles. The number of amides is 2. The van der Waals surface area contributed by atoms with Crippen molar-refractivity contribution < 1.29 is 14.3 Å². The minimum atomic E-state index is -0.361. The number of benzene rings is 1. The summed E-state index contributed by atoms with van der Waals surface area (Å²) < 4.78 is 5.62. The normalized spacial score (nSPS) is 15.8. The van der Waals surface area contributed by atoms with E-state index in [1.54, 1.807) is 0 Å². The maximum absolute atomic E-state index is 12.4. The summed E-state index contributed by atoms with van der Waals surface area (Å²) in [6.45, 7) is 11.6. The topological polar surface area (TPSA) is 58.6 Å². The van der Waals surface area contributed by atoms with E-state index in [4.69, 9.17) is 4.74 Å². The summed E-state index contributed by atoms with van der Waals surface area (Å²) in [6, 6.07) is 7.81. The highest BCUT2D eigenvalue weighted by Crippen LogP contribution is 2.23. The van der Waals surface area contributed by atoms with Crippen LogP contribution < -0.4 is 10.1 Å². The molecule has 0 unspecified atom stereocenters. The van der Waals surface area contributed by atoms with Crippen molar-refractivity contribution in [2.75, 3.05) is 13.1 Å². The lowest BCUT2D eigenvalue weighted by molar-refractivity contribution is -0.142. The predicted molar refractivity (Wildman–Crippen MR) is 103 cm³/mol. The van der Waals surface area contributed by atoms with Crippen LogP contribution in [0.5, 0.6) is 5.75 Å². The Labute approximate surface area is 157 Å². The van der Waals surface area contributed by atoms with E-state index in [1.165, 1.54) is 0 Å². The maximum atomic E-state index is 12.4. The van der Waals surface area contributed by atoms with Gasteiger partial charge in [-0.1, -0.05) is 32.9 Å². The second kappa shape index (κ2) is 8.56. The molecule has 5 nitrogen and oxygen atoms in total. The predicted octanol–water partition coefficient (Wildman–Crippen LogP) is 3.37. The maximum Gasteiger partial charge on any atom is 0.227 e. The number of piperidine rings is 1. The zero-order valence-corrected chi connectivity index (χ0v) is 16.7. The molecule has 26 heavy (non-hydrogen) atoms. The molecule has 0 radical (unpaired) electrons. The van der Waals surface area contributed by atoms with Crippen molar-refractivity contribution in [1.82, 2.24) is 10.2 Å². The van der Waals surface area contributed by atoms with E-state index in [0.29, 0.717) is 19.6 Å². The molecule has 5 heteroatoms. The van der Waals surface area contributed by atoms with E-state index in [-0.39, 0.29) is 29.3 Å². The molecule has 144 valence electrons. The average molecular weight is 360 g/mol. The molecule has 0 spiro atoms. The van der Waals surface area contributed by atoms with Crippen molar-refractivity contribution in [2.24, 2.45) is 11.3 Å². The number of likely N-dealkylation sites (tertiary alicyclic amines) is 1. The van der Waals surface area contributed by atoms with Gasteiger partial charge in [0.05, 0.1) is 6.10 Å². The highest BCUT2D eigenvalue weighted by molar-refractivity contribution is 5.82. The standard InChI is InChI=1S/C21H32N2O3/c1-15(2)26-18-8-6-16(7-9-18)14-22-19(24)17-10-12-23(13-11-17)20(25)21(3,4)5/h6-9,15,17H,10-14H2,1-5H3,(H,22,24). The summed E-state index contributed by atoms with van der Waals surface area (Å²) in [6.07, 6.45) is 1.61. The van der Waals surface area contributed by atoms with Crippen molar-refractivity contribution in [3.05, 3.63) is 29.8 Å². The van der Waals surface area contributed by atoms with Gasteiger partial charge in [-0.2, -0.15) is 0 Å². The fourth-order valence-corrected chi connectivity index (χ4v) is 3.11. The number of ether oxygens (including phenoxy) is 1. The molecule has 0 bridgehead atoms. The lowest BCUT2D eigenvalue weighted by Gasteiger charge is -2.35. The Bertz CT molecular complexity index is 609. The molecular formula is C21H32N2O3. The summed E-state index contributed by atoms with van der Waals surface area (Å²) in [5.74, 6) is 1.07. The lowest BCUT2D eigenvalue weighted by Crippen LogP contribution is -2.46. The van der Waals surface area contributed by atoms with Crippen LogP contribution in [0, 0.1) is 11.3 Å². The summed E-state index contributed by atoms with van der Waals surface area (Å²) >= 11 is 0. The van der Waals surface area contributed by atoms with Gasteiger partial charge in [-0.25, -0.2) is 0 Å². The number of hydrogen-bond donors (Lipinski definition) is 1. The van der Waals surface area contributed by atoms with Crippen molar-refractivity contribution in [3.63, 3.8) is 0 Å². The van der Waals surface area contributed by atoms with Gasteiger partial charge in [0.2, 0.25) is 11.8 Å². The highest BCUT2D eigenvalue weighted by atomic mass is 16.5. The van der Waals surface area contributed by atoms with Gasteiger partial charge >= 0.3 is 0 Å². The molecule has 1 heterocycles. The molecule has 1 aliphatic heterocycles. The molecular weight excluding hydrogens is 328 g/mol. The molecule has 0 aliphatic carbocycles. The second-order valence-electron chi connectivity index (χ2n) is 8.34. The van der Waals surface area contributed by atoms with Gasteiger partial charge in [0.1, 0.15) is 5.75 Å². The van der Waals surface area contributed by atoms with Gasteiger partial charge in [-0.3, -0.25) is 9.59 Å². The molecule has 1 saturated heterocycles. The van der Waals surface area contributed by atoms with E-state index < -0.39 is 0 Å². The van der Waals surface area contributed by atoms with Crippen LogP contribution in [0.4, 0.5) is 0 Å². The van der Waals surface area contributed by atoms with E-state index in [2.05, 4.69) is 5.32 Å². The molecule has 1 fully saturated rings. The molecule has 2 amide bonds. The van der Waals surface area contributed by atoms with Crippen LogP contribution in [0.15, 0.2) is 24.3 Å². The van der Waals surface area contributed by atoms with Crippen LogP contribution in [0.1, 0.15) is 53.0 Å².